The molecule has 1 saturated heterocycles. The number of carbonyl (C=O) groups is 3. The van der Waals surface area contributed by atoms with E-state index < -0.39 is 11.8 Å². The highest BCUT2D eigenvalue weighted by Crippen LogP contribution is 2.12. The number of likely N-dealkylation sites (tertiary alicyclic amines) is 1. The third-order valence-corrected chi connectivity index (χ3v) is 4.60. The van der Waals surface area contributed by atoms with Gasteiger partial charge in [0.1, 0.15) is 11.6 Å². The Hall–Kier alpha value is -3.75. The summed E-state index contributed by atoms with van der Waals surface area (Å²) in [7, 11) is 0. The Bertz CT molecular complexity index is 939. The summed E-state index contributed by atoms with van der Waals surface area (Å²) in [5, 5.41) is 6.41. The minimum absolute atomic E-state index is 0.209. The van der Waals surface area contributed by atoms with Gasteiger partial charge in [-0.25, -0.2) is 9.82 Å². The number of nitrogens with zero attached hydrogens (tertiary/aromatic N) is 2. The first-order valence-electron chi connectivity index (χ1n) is 9.92. The molecule has 0 aliphatic carbocycles. The number of hydrogen-bond donors (Lipinski definition) is 2. The molecule has 0 atom stereocenters. The van der Waals surface area contributed by atoms with E-state index in [0.717, 1.165) is 19.3 Å². The topological polar surface area (TPSA) is 100 Å². The minimum atomic E-state index is -0.759. The lowest BCUT2D eigenvalue weighted by Gasteiger charge is -2.25. The van der Waals surface area contributed by atoms with Gasteiger partial charge in [0.05, 0.1) is 6.21 Å². The third-order valence-electron chi connectivity index (χ3n) is 4.60. The van der Waals surface area contributed by atoms with E-state index in [4.69, 9.17) is 4.74 Å². The highest BCUT2D eigenvalue weighted by atomic mass is 19.1. The first-order chi connectivity index (χ1) is 15.0. The zero-order valence-electron chi connectivity index (χ0n) is 16.8. The molecule has 0 radical (unpaired) electrons. The quantitative estimate of drug-likeness (QED) is 0.421. The number of rotatable bonds is 6. The molecule has 3 rings (SSSR count). The Morgan fingerprint density at radius 3 is 2.35 bits per heavy atom. The first kappa shape index (κ1) is 21.9. The number of nitrogens with one attached hydrogen (secondary N) is 2. The van der Waals surface area contributed by atoms with Gasteiger partial charge in [-0.3, -0.25) is 14.4 Å². The standard InChI is InChI=1S/C22H23FN4O4/c23-17-6-8-18(9-7-17)25-20(28)15-31-19-10-4-16(5-11-19)14-24-26-21(29)22(30)27-12-2-1-3-13-27/h4-11,14H,1-3,12-13,15H2,(H,25,28)(H,26,29)/b24-14-. The summed E-state index contributed by atoms with van der Waals surface area (Å²) in [4.78, 5) is 37.3. The van der Waals surface area contributed by atoms with E-state index >= 15 is 0 Å². The van der Waals surface area contributed by atoms with Crippen LogP contribution in [0.1, 0.15) is 24.8 Å². The van der Waals surface area contributed by atoms with Crippen LogP contribution >= 0.6 is 0 Å². The molecule has 0 saturated carbocycles. The van der Waals surface area contributed by atoms with E-state index in [0.29, 0.717) is 30.1 Å². The Balaban J connectivity index is 1.41. The number of hydrazone groups is 1. The van der Waals surface area contributed by atoms with Crippen LogP contribution in [0.4, 0.5) is 10.1 Å². The van der Waals surface area contributed by atoms with Crippen LogP contribution in [0.2, 0.25) is 0 Å². The SMILES string of the molecule is O=C(COc1ccc(/C=N\NC(=O)C(=O)N2CCCCC2)cc1)Nc1ccc(F)cc1. The van der Waals surface area contributed by atoms with Gasteiger partial charge in [-0.05, 0) is 73.4 Å². The van der Waals surface area contributed by atoms with E-state index in [2.05, 4.69) is 15.8 Å². The van der Waals surface area contributed by atoms with Gasteiger partial charge in [0.2, 0.25) is 0 Å². The molecule has 162 valence electrons. The fraction of sp³-hybridized carbons (Fsp3) is 0.273. The van der Waals surface area contributed by atoms with Crippen LogP contribution in [0.25, 0.3) is 0 Å². The smallest absolute Gasteiger partial charge is 0.329 e. The van der Waals surface area contributed by atoms with Gasteiger partial charge in [0.25, 0.3) is 5.91 Å². The molecule has 0 bridgehead atoms. The summed E-state index contributed by atoms with van der Waals surface area (Å²) < 4.78 is 18.3. The van der Waals surface area contributed by atoms with Crippen LogP contribution in [-0.4, -0.2) is 48.5 Å². The predicted octanol–water partition coefficient (Wildman–Crippen LogP) is 2.31. The van der Waals surface area contributed by atoms with Crippen LogP contribution in [0, 0.1) is 5.82 Å². The van der Waals surface area contributed by atoms with Crippen molar-refractivity contribution in [2.45, 2.75) is 19.3 Å². The van der Waals surface area contributed by atoms with Crippen molar-refractivity contribution in [2.75, 3.05) is 25.0 Å². The summed E-state index contributed by atoms with van der Waals surface area (Å²) in [6, 6.07) is 12.1. The zero-order chi connectivity index (χ0) is 22.1. The number of anilines is 1. The van der Waals surface area contributed by atoms with Crippen molar-refractivity contribution in [3.05, 3.63) is 59.9 Å². The molecule has 0 spiro atoms. The van der Waals surface area contributed by atoms with Gasteiger partial charge < -0.3 is 15.0 Å². The first-order valence-corrected chi connectivity index (χ1v) is 9.92. The largest absolute Gasteiger partial charge is 0.484 e. The van der Waals surface area contributed by atoms with E-state index in [1.54, 1.807) is 24.3 Å². The maximum Gasteiger partial charge on any atom is 0.329 e. The summed E-state index contributed by atoms with van der Waals surface area (Å²) in [5.41, 5.74) is 3.39. The Labute approximate surface area is 179 Å². The lowest BCUT2D eigenvalue weighted by atomic mass is 10.1. The molecule has 3 amide bonds. The number of carbonyl (C=O) groups excluding carboxylic acids is 3. The molecular formula is C22H23FN4O4. The molecule has 31 heavy (non-hydrogen) atoms. The highest BCUT2D eigenvalue weighted by molar-refractivity contribution is 6.35. The van der Waals surface area contributed by atoms with Crippen molar-refractivity contribution >= 4 is 29.6 Å². The van der Waals surface area contributed by atoms with E-state index in [-0.39, 0.29) is 18.3 Å². The molecule has 2 N–H and O–H groups in total. The lowest BCUT2D eigenvalue weighted by Crippen LogP contribution is -2.43. The molecule has 2 aromatic rings. The van der Waals surface area contributed by atoms with Crippen molar-refractivity contribution in [1.29, 1.82) is 0 Å². The number of hydrogen-bond acceptors (Lipinski definition) is 5. The third kappa shape index (κ3) is 6.91. The molecule has 1 aliphatic heterocycles. The second-order valence-corrected chi connectivity index (χ2v) is 6.96. The van der Waals surface area contributed by atoms with Crippen molar-refractivity contribution in [1.82, 2.24) is 10.3 Å². The number of amides is 3. The van der Waals surface area contributed by atoms with Crippen LogP contribution in [-0.2, 0) is 14.4 Å². The average Bonchev–Trinajstić information content (AvgIpc) is 2.80. The molecule has 9 heteroatoms. The molecule has 8 nitrogen and oxygen atoms in total. The second kappa shape index (κ2) is 10.9. The number of ether oxygens (including phenoxy) is 1. The molecule has 0 aromatic heterocycles. The number of benzene rings is 2. The number of halogens is 1. The van der Waals surface area contributed by atoms with Gasteiger partial charge in [0, 0.05) is 18.8 Å². The molecule has 0 unspecified atom stereocenters. The molecule has 1 aliphatic rings. The second-order valence-electron chi connectivity index (χ2n) is 6.96. The van der Waals surface area contributed by atoms with Gasteiger partial charge in [-0.1, -0.05) is 0 Å². The maximum absolute atomic E-state index is 12.9. The monoisotopic (exact) mass is 426 g/mol. The minimum Gasteiger partial charge on any atom is -0.484 e. The molecular weight excluding hydrogens is 403 g/mol. The van der Waals surface area contributed by atoms with Gasteiger partial charge in [0.15, 0.2) is 6.61 Å². The van der Waals surface area contributed by atoms with Gasteiger partial charge >= 0.3 is 11.8 Å². The van der Waals surface area contributed by atoms with Crippen LogP contribution in [0.15, 0.2) is 53.6 Å². The highest BCUT2D eigenvalue weighted by Gasteiger charge is 2.22. The molecule has 1 heterocycles. The van der Waals surface area contributed by atoms with Crippen molar-refractivity contribution in [2.24, 2.45) is 5.10 Å². The Morgan fingerprint density at radius 1 is 1.00 bits per heavy atom. The van der Waals surface area contributed by atoms with Crippen molar-refractivity contribution in [3.8, 4) is 5.75 Å². The Morgan fingerprint density at radius 2 is 1.68 bits per heavy atom. The van der Waals surface area contributed by atoms with Crippen LogP contribution < -0.4 is 15.5 Å². The van der Waals surface area contributed by atoms with Gasteiger partial charge in [-0.15, -0.1) is 0 Å². The van der Waals surface area contributed by atoms with Crippen molar-refractivity contribution < 1.29 is 23.5 Å². The predicted molar refractivity (Wildman–Crippen MR) is 113 cm³/mol. The van der Waals surface area contributed by atoms with Crippen LogP contribution in [0.5, 0.6) is 5.75 Å². The normalized spacial score (nSPS) is 13.6. The molecule has 1 fully saturated rings. The lowest BCUT2D eigenvalue weighted by molar-refractivity contribution is -0.146. The fourth-order valence-corrected chi connectivity index (χ4v) is 2.98. The van der Waals surface area contributed by atoms with E-state index in [9.17, 15) is 18.8 Å². The van der Waals surface area contributed by atoms with Crippen molar-refractivity contribution in [3.63, 3.8) is 0 Å². The Kier molecular flexibility index (Phi) is 7.69. The van der Waals surface area contributed by atoms with Gasteiger partial charge in [-0.2, -0.15) is 5.10 Å². The molecule has 2 aromatic carbocycles. The van der Waals surface area contributed by atoms with Crippen LogP contribution in [0.3, 0.4) is 0 Å². The number of piperidine rings is 1. The summed E-state index contributed by atoms with van der Waals surface area (Å²) in [6.07, 6.45) is 4.30. The fourth-order valence-electron chi connectivity index (χ4n) is 2.98. The zero-order valence-corrected chi connectivity index (χ0v) is 16.8. The maximum atomic E-state index is 12.9. The summed E-state index contributed by atoms with van der Waals surface area (Å²) in [5.74, 6) is -1.62. The summed E-state index contributed by atoms with van der Waals surface area (Å²) >= 11 is 0. The average molecular weight is 426 g/mol. The van der Waals surface area contributed by atoms with E-state index in [1.807, 2.05) is 0 Å². The van der Waals surface area contributed by atoms with E-state index in [1.165, 1.54) is 35.4 Å². The summed E-state index contributed by atoms with van der Waals surface area (Å²) in [6.45, 7) is 0.984.